The molecule has 0 spiro atoms. The van der Waals surface area contributed by atoms with Gasteiger partial charge in [0.25, 0.3) is 0 Å². The molecule has 1 aromatic heterocycles. The van der Waals surface area contributed by atoms with E-state index in [0.29, 0.717) is 17.9 Å². The molecule has 0 saturated heterocycles. The molecule has 7 heteroatoms. The van der Waals surface area contributed by atoms with Crippen molar-refractivity contribution in [1.29, 1.82) is 0 Å². The van der Waals surface area contributed by atoms with Crippen molar-refractivity contribution in [3.05, 3.63) is 52.9 Å². The number of aromatic nitrogens is 1. The smallest absolute Gasteiger partial charge is 0.361 e. The van der Waals surface area contributed by atoms with Gasteiger partial charge in [0.2, 0.25) is 5.91 Å². The Labute approximate surface area is 137 Å². The number of carbonyl (C=O) groups excluding carboxylic acids is 1. The minimum absolute atomic E-state index is 0.169. The number of amides is 1. The predicted molar refractivity (Wildman–Crippen MR) is 80.0 cm³/mol. The van der Waals surface area contributed by atoms with Crippen LogP contribution >= 0.6 is 0 Å². The molecular formula is C17H17F3N2O2. The van der Waals surface area contributed by atoms with Crippen LogP contribution in [0.2, 0.25) is 0 Å². The van der Waals surface area contributed by atoms with Crippen LogP contribution < -0.4 is 0 Å². The molecule has 1 aliphatic rings. The summed E-state index contributed by atoms with van der Waals surface area (Å²) >= 11 is 0. The average Bonchev–Trinajstić information content (AvgIpc) is 3.22. The molecule has 1 aromatic carbocycles. The number of benzene rings is 1. The highest BCUT2D eigenvalue weighted by Crippen LogP contribution is 2.51. The molecule has 1 heterocycles. The van der Waals surface area contributed by atoms with Crippen LogP contribution in [0.15, 0.2) is 34.9 Å². The Morgan fingerprint density at radius 2 is 2.08 bits per heavy atom. The van der Waals surface area contributed by atoms with Crippen molar-refractivity contribution in [2.45, 2.75) is 32.0 Å². The monoisotopic (exact) mass is 338 g/mol. The highest BCUT2D eigenvalue weighted by atomic mass is 19.4. The van der Waals surface area contributed by atoms with E-state index in [4.69, 9.17) is 4.52 Å². The highest BCUT2D eigenvalue weighted by Gasteiger charge is 2.48. The van der Waals surface area contributed by atoms with Crippen LogP contribution in [0.4, 0.5) is 13.2 Å². The SMILES string of the molecule is Cc1cc(CN(C)C(=O)C2CC2c2ccccc2C(F)(F)F)no1. The van der Waals surface area contributed by atoms with E-state index >= 15 is 0 Å². The van der Waals surface area contributed by atoms with Crippen molar-refractivity contribution in [2.75, 3.05) is 7.05 Å². The van der Waals surface area contributed by atoms with Crippen LogP contribution in [-0.2, 0) is 17.5 Å². The second kappa shape index (κ2) is 5.96. The second-order valence-corrected chi connectivity index (χ2v) is 6.16. The van der Waals surface area contributed by atoms with Crippen molar-refractivity contribution in [1.82, 2.24) is 10.1 Å². The fourth-order valence-corrected chi connectivity index (χ4v) is 2.99. The third-order valence-electron chi connectivity index (χ3n) is 4.23. The van der Waals surface area contributed by atoms with Gasteiger partial charge < -0.3 is 9.42 Å². The summed E-state index contributed by atoms with van der Waals surface area (Å²) in [5.74, 6) is -0.310. The molecule has 0 aliphatic heterocycles. The standard InChI is InChI=1S/C17H17F3N2O2/c1-10-7-11(21-24-10)9-22(2)16(23)14-8-13(14)12-5-3-4-6-15(12)17(18,19)20/h3-7,13-14H,8-9H2,1-2H3. The predicted octanol–water partition coefficient (Wildman–Crippen LogP) is 3.76. The maximum atomic E-state index is 13.1. The van der Waals surface area contributed by atoms with E-state index in [-0.39, 0.29) is 23.9 Å². The van der Waals surface area contributed by atoms with Gasteiger partial charge in [-0.05, 0) is 30.9 Å². The molecule has 2 atom stereocenters. The normalized spacial score (nSPS) is 20.0. The molecule has 1 amide bonds. The lowest BCUT2D eigenvalue weighted by Crippen LogP contribution is -2.28. The Balaban J connectivity index is 1.70. The first-order chi connectivity index (χ1) is 11.3. The number of hydrogen-bond acceptors (Lipinski definition) is 3. The summed E-state index contributed by atoms with van der Waals surface area (Å²) < 4.78 is 44.2. The molecule has 3 rings (SSSR count). The van der Waals surface area contributed by atoms with Crippen LogP contribution in [0, 0.1) is 12.8 Å². The number of halogens is 3. The Morgan fingerprint density at radius 3 is 2.71 bits per heavy atom. The van der Waals surface area contributed by atoms with E-state index in [9.17, 15) is 18.0 Å². The minimum atomic E-state index is -4.41. The first-order valence-electron chi connectivity index (χ1n) is 7.60. The van der Waals surface area contributed by atoms with Crippen LogP contribution in [0.1, 0.15) is 34.9 Å². The van der Waals surface area contributed by atoms with Crippen LogP contribution in [-0.4, -0.2) is 23.0 Å². The zero-order valence-electron chi connectivity index (χ0n) is 13.3. The Bertz CT molecular complexity index is 754. The van der Waals surface area contributed by atoms with Crippen LogP contribution in [0.25, 0.3) is 0 Å². The van der Waals surface area contributed by atoms with E-state index in [0.717, 1.165) is 6.07 Å². The lowest BCUT2D eigenvalue weighted by molar-refractivity contribution is -0.138. The summed E-state index contributed by atoms with van der Waals surface area (Å²) in [4.78, 5) is 13.9. The molecule has 0 bridgehead atoms. The van der Waals surface area contributed by atoms with Gasteiger partial charge in [0.15, 0.2) is 0 Å². The van der Waals surface area contributed by atoms with Gasteiger partial charge in [-0.2, -0.15) is 13.2 Å². The molecule has 1 fully saturated rings. The maximum absolute atomic E-state index is 13.1. The average molecular weight is 338 g/mol. The zero-order valence-corrected chi connectivity index (χ0v) is 13.3. The quantitative estimate of drug-likeness (QED) is 0.853. The van der Waals surface area contributed by atoms with Crippen molar-refractivity contribution < 1.29 is 22.5 Å². The molecule has 24 heavy (non-hydrogen) atoms. The molecule has 2 aromatic rings. The summed E-state index contributed by atoms with van der Waals surface area (Å²) in [5, 5.41) is 3.82. The van der Waals surface area contributed by atoms with E-state index in [1.54, 1.807) is 26.1 Å². The van der Waals surface area contributed by atoms with Gasteiger partial charge in [-0.25, -0.2) is 0 Å². The third kappa shape index (κ3) is 3.29. The summed E-state index contributed by atoms with van der Waals surface area (Å²) in [6, 6.07) is 7.20. The fraction of sp³-hybridized carbons (Fsp3) is 0.412. The van der Waals surface area contributed by atoms with Gasteiger partial charge in [-0.1, -0.05) is 23.4 Å². The lowest BCUT2D eigenvalue weighted by atomic mass is 10.0. The molecular weight excluding hydrogens is 321 g/mol. The zero-order chi connectivity index (χ0) is 17.5. The molecule has 0 radical (unpaired) electrons. The van der Waals surface area contributed by atoms with E-state index in [2.05, 4.69) is 5.16 Å². The summed E-state index contributed by atoms with van der Waals surface area (Å²) in [6.45, 7) is 2.03. The number of carbonyl (C=O) groups is 1. The molecule has 4 nitrogen and oxygen atoms in total. The van der Waals surface area contributed by atoms with Gasteiger partial charge >= 0.3 is 6.18 Å². The number of aryl methyl sites for hydroxylation is 1. The Kier molecular flexibility index (Phi) is 4.11. The van der Waals surface area contributed by atoms with Crippen molar-refractivity contribution >= 4 is 5.91 Å². The highest BCUT2D eigenvalue weighted by molar-refractivity contribution is 5.83. The molecule has 128 valence electrons. The molecule has 0 N–H and O–H groups in total. The van der Waals surface area contributed by atoms with Gasteiger partial charge in [0.1, 0.15) is 11.5 Å². The fourth-order valence-electron chi connectivity index (χ4n) is 2.99. The first-order valence-corrected chi connectivity index (χ1v) is 7.60. The molecule has 1 saturated carbocycles. The number of hydrogen-bond donors (Lipinski definition) is 0. The van der Waals surface area contributed by atoms with Crippen LogP contribution in [0.5, 0.6) is 0 Å². The molecule has 2 unspecified atom stereocenters. The summed E-state index contributed by atoms with van der Waals surface area (Å²) in [7, 11) is 1.62. The van der Waals surface area contributed by atoms with E-state index in [1.807, 2.05) is 0 Å². The third-order valence-corrected chi connectivity index (χ3v) is 4.23. The second-order valence-electron chi connectivity index (χ2n) is 6.16. The first kappa shape index (κ1) is 16.5. The summed E-state index contributed by atoms with van der Waals surface area (Å²) in [5.41, 5.74) is 0.172. The molecule has 1 aliphatic carbocycles. The van der Waals surface area contributed by atoms with Gasteiger partial charge in [-0.3, -0.25) is 4.79 Å². The number of nitrogens with zero attached hydrogens (tertiary/aromatic N) is 2. The largest absolute Gasteiger partial charge is 0.416 e. The van der Waals surface area contributed by atoms with Crippen molar-refractivity contribution in [3.8, 4) is 0 Å². The number of rotatable bonds is 4. The lowest BCUT2D eigenvalue weighted by Gasteiger charge is -2.16. The Morgan fingerprint density at radius 1 is 1.38 bits per heavy atom. The Hall–Kier alpha value is -2.31. The van der Waals surface area contributed by atoms with Gasteiger partial charge in [-0.15, -0.1) is 0 Å². The number of alkyl halides is 3. The van der Waals surface area contributed by atoms with Crippen LogP contribution in [0.3, 0.4) is 0 Å². The minimum Gasteiger partial charge on any atom is -0.361 e. The van der Waals surface area contributed by atoms with Crippen molar-refractivity contribution in [3.63, 3.8) is 0 Å². The van der Waals surface area contributed by atoms with E-state index in [1.165, 1.54) is 17.0 Å². The van der Waals surface area contributed by atoms with Gasteiger partial charge in [0, 0.05) is 19.0 Å². The summed E-state index contributed by atoms with van der Waals surface area (Å²) in [6.07, 6.45) is -3.97. The van der Waals surface area contributed by atoms with Gasteiger partial charge in [0.05, 0.1) is 12.1 Å². The van der Waals surface area contributed by atoms with Crippen molar-refractivity contribution in [2.24, 2.45) is 5.92 Å². The van der Waals surface area contributed by atoms with E-state index < -0.39 is 17.7 Å². The maximum Gasteiger partial charge on any atom is 0.416 e. The topological polar surface area (TPSA) is 46.3 Å².